The van der Waals surface area contributed by atoms with Crippen molar-refractivity contribution in [1.29, 1.82) is 0 Å². The van der Waals surface area contributed by atoms with Crippen LogP contribution in [0.2, 0.25) is 0 Å². The summed E-state index contributed by atoms with van der Waals surface area (Å²) in [7, 11) is 4.86. The van der Waals surface area contributed by atoms with E-state index in [2.05, 4.69) is 4.98 Å². The molecule has 3 rings (SSSR count). The van der Waals surface area contributed by atoms with Gasteiger partial charge in [0.25, 0.3) is 0 Å². The van der Waals surface area contributed by atoms with E-state index in [1.54, 1.807) is 21.3 Å². The fourth-order valence-corrected chi connectivity index (χ4v) is 2.81. The maximum atomic E-state index is 6.19. The summed E-state index contributed by atoms with van der Waals surface area (Å²) >= 11 is 0. The molecular weight excluding hydrogens is 304 g/mol. The summed E-state index contributed by atoms with van der Waals surface area (Å²) < 4.78 is 16.2. The molecule has 24 heavy (non-hydrogen) atoms. The standard InChI is InChI=1S/C19H20N2O3/c1-22-15-7-5-4-6-12(15)10-14-11-13-8-9-16(23-2)18(24-3)17(13)21-19(14)20/h4-9,11H,10H2,1-3H3,(H2,20,21). The van der Waals surface area contributed by atoms with Gasteiger partial charge in [0.1, 0.15) is 17.1 Å². The Morgan fingerprint density at radius 2 is 1.62 bits per heavy atom. The number of hydrogen-bond acceptors (Lipinski definition) is 5. The molecule has 0 aliphatic rings. The third-order valence-electron chi connectivity index (χ3n) is 4.02. The Hall–Kier alpha value is -2.95. The highest BCUT2D eigenvalue weighted by Gasteiger charge is 2.14. The molecule has 0 amide bonds. The minimum atomic E-state index is 0.472. The molecule has 0 fully saturated rings. The lowest BCUT2D eigenvalue weighted by Crippen LogP contribution is -2.02. The monoisotopic (exact) mass is 324 g/mol. The van der Waals surface area contributed by atoms with Crippen LogP contribution in [0.3, 0.4) is 0 Å². The minimum Gasteiger partial charge on any atom is -0.496 e. The fourth-order valence-electron chi connectivity index (χ4n) is 2.81. The van der Waals surface area contributed by atoms with Crippen LogP contribution in [0.5, 0.6) is 17.2 Å². The molecule has 3 aromatic rings. The van der Waals surface area contributed by atoms with E-state index in [1.807, 2.05) is 42.5 Å². The molecule has 0 spiro atoms. The Labute approximate surface area is 141 Å². The number of anilines is 1. The quantitative estimate of drug-likeness (QED) is 0.779. The summed E-state index contributed by atoms with van der Waals surface area (Å²) in [5, 5.41) is 0.951. The molecule has 2 N–H and O–H groups in total. The molecule has 0 saturated heterocycles. The van der Waals surface area contributed by atoms with Gasteiger partial charge < -0.3 is 19.9 Å². The van der Waals surface area contributed by atoms with Gasteiger partial charge in [-0.2, -0.15) is 0 Å². The van der Waals surface area contributed by atoms with Crippen LogP contribution in [0.1, 0.15) is 11.1 Å². The van der Waals surface area contributed by atoms with Crippen LogP contribution < -0.4 is 19.9 Å². The third kappa shape index (κ3) is 2.80. The lowest BCUT2D eigenvalue weighted by Gasteiger charge is -2.13. The van der Waals surface area contributed by atoms with E-state index < -0.39 is 0 Å². The number of hydrogen-bond donors (Lipinski definition) is 1. The van der Waals surface area contributed by atoms with Crippen LogP contribution >= 0.6 is 0 Å². The van der Waals surface area contributed by atoms with Crippen molar-refractivity contribution in [3.63, 3.8) is 0 Å². The predicted molar refractivity (Wildman–Crippen MR) is 95.1 cm³/mol. The summed E-state index contributed by atoms with van der Waals surface area (Å²) in [6, 6.07) is 13.7. The molecule has 0 aliphatic heterocycles. The van der Waals surface area contributed by atoms with Crippen molar-refractivity contribution in [2.24, 2.45) is 0 Å². The second-order valence-electron chi connectivity index (χ2n) is 5.39. The highest BCUT2D eigenvalue weighted by Crippen LogP contribution is 2.36. The van der Waals surface area contributed by atoms with Gasteiger partial charge in [-0.25, -0.2) is 4.98 Å². The van der Waals surface area contributed by atoms with Gasteiger partial charge in [-0.05, 0) is 35.4 Å². The summed E-state index contributed by atoms with van der Waals surface area (Å²) in [6.45, 7) is 0. The Balaban J connectivity index is 2.09. The number of benzene rings is 2. The molecule has 0 unspecified atom stereocenters. The number of nitrogens with zero attached hydrogens (tertiary/aromatic N) is 1. The molecule has 0 aliphatic carbocycles. The summed E-state index contributed by atoms with van der Waals surface area (Å²) in [4.78, 5) is 4.54. The van der Waals surface area contributed by atoms with E-state index in [4.69, 9.17) is 19.9 Å². The summed E-state index contributed by atoms with van der Waals surface area (Å²) in [6.07, 6.45) is 0.646. The van der Waals surface area contributed by atoms with Gasteiger partial charge in [-0.1, -0.05) is 18.2 Å². The smallest absolute Gasteiger partial charge is 0.187 e. The fraction of sp³-hybridized carbons (Fsp3) is 0.211. The molecular formula is C19H20N2O3. The van der Waals surface area contributed by atoms with E-state index in [1.165, 1.54) is 0 Å². The summed E-state index contributed by atoms with van der Waals surface area (Å²) in [5.41, 5.74) is 8.89. The Morgan fingerprint density at radius 3 is 2.33 bits per heavy atom. The van der Waals surface area contributed by atoms with E-state index in [9.17, 15) is 0 Å². The third-order valence-corrected chi connectivity index (χ3v) is 4.02. The maximum absolute atomic E-state index is 6.19. The second-order valence-corrected chi connectivity index (χ2v) is 5.39. The molecule has 124 valence electrons. The van der Waals surface area contributed by atoms with Crippen molar-refractivity contribution >= 4 is 16.7 Å². The lowest BCUT2D eigenvalue weighted by molar-refractivity contribution is 0.358. The normalized spacial score (nSPS) is 10.6. The zero-order chi connectivity index (χ0) is 17.1. The number of aromatic nitrogens is 1. The van der Waals surface area contributed by atoms with Gasteiger partial charge in [-0.15, -0.1) is 0 Å². The molecule has 0 saturated carbocycles. The van der Waals surface area contributed by atoms with Gasteiger partial charge in [-0.3, -0.25) is 0 Å². The van der Waals surface area contributed by atoms with Crippen molar-refractivity contribution in [3.05, 3.63) is 53.6 Å². The molecule has 0 bridgehead atoms. The zero-order valence-corrected chi connectivity index (χ0v) is 14.0. The first-order valence-electron chi connectivity index (χ1n) is 7.60. The van der Waals surface area contributed by atoms with Crippen molar-refractivity contribution in [3.8, 4) is 17.2 Å². The predicted octanol–water partition coefficient (Wildman–Crippen LogP) is 3.43. The van der Waals surface area contributed by atoms with Crippen LogP contribution in [0.25, 0.3) is 10.9 Å². The average molecular weight is 324 g/mol. The molecule has 1 heterocycles. The van der Waals surface area contributed by atoms with Gasteiger partial charge in [0.05, 0.1) is 21.3 Å². The molecule has 0 radical (unpaired) electrons. The molecule has 0 atom stereocenters. The van der Waals surface area contributed by atoms with Gasteiger partial charge in [0.15, 0.2) is 11.5 Å². The van der Waals surface area contributed by atoms with Crippen molar-refractivity contribution < 1.29 is 14.2 Å². The molecule has 2 aromatic carbocycles. The molecule has 5 heteroatoms. The number of ether oxygens (including phenoxy) is 3. The number of fused-ring (bicyclic) bond motifs is 1. The summed E-state index contributed by atoms with van der Waals surface area (Å²) in [5.74, 6) is 2.53. The van der Waals surface area contributed by atoms with E-state index >= 15 is 0 Å². The number of nitrogen functional groups attached to an aromatic ring is 1. The first-order valence-corrected chi connectivity index (χ1v) is 7.60. The van der Waals surface area contributed by atoms with Crippen LogP contribution in [-0.4, -0.2) is 26.3 Å². The van der Waals surface area contributed by atoms with Gasteiger partial charge in [0, 0.05) is 11.8 Å². The zero-order valence-electron chi connectivity index (χ0n) is 14.0. The average Bonchev–Trinajstić information content (AvgIpc) is 2.61. The highest BCUT2D eigenvalue weighted by atomic mass is 16.5. The Bertz CT molecular complexity index is 878. The molecule has 5 nitrogen and oxygen atoms in total. The van der Waals surface area contributed by atoms with E-state index in [-0.39, 0.29) is 0 Å². The van der Waals surface area contributed by atoms with Crippen molar-refractivity contribution in [2.45, 2.75) is 6.42 Å². The number of rotatable bonds is 5. The minimum absolute atomic E-state index is 0.472. The number of methoxy groups -OCH3 is 3. The lowest BCUT2D eigenvalue weighted by atomic mass is 10.0. The largest absolute Gasteiger partial charge is 0.496 e. The number of nitrogens with two attached hydrogens (primary N) is 1. The SMILES string of the molecule is COc1ccccc1Cc1cc2ccc(OC)c(OC)c2nc1N. The van der Waals surface area contributed by atoms with Crippen LogP contribution in [-0.2, 0) is 6.42 Å². The number of para-hydroxylation sites is 1. The van der Waals surface area contributed by atoms with E-state index in [0.717, 1.165) is 22.3 Å². The first-order chi connectivity index (χ1) is 11.7. The van der Waals surface area contributed by atoms with Crippen molar-refractivity contribution in [1.82, 2.24) is 4.98 Å². The van der Waals surface area contributed by atoms with Crippen LogP contribution in [0.15, 0.2) is 42.5 Å². The Morgan fingerprint density at radius 1 is 0.875 bits per heavy atom. The maximum Gasteiger partial charge on any atom is 0.187 e. The molecule has 1 aromatic heterocycles. The van der Waals surface area contributed by atoms with E-state index in [0.29, 0.717) is 29.3 Å². The van der Waals surface area contributed by atoms with Crippen LogP contribution in [0.4, 0.5) is 5.82 Å². The topological polar surface area (TPSA) is 66.6 Å². The first kappa shape index (κ1) is 15.9. The van der Waals surface area contributed by atoms with Crippen LogP contribution in [0, 0.1) is 0 Å². The van der Waals surface area contributed by atoms with Crippen molar-refractivity contribution in [2.75, 3.05) is 27.1 Å². The van der Waals surface area contributed by atoms with Gasteiger partial charge >= 0.3 is 0 Å². The van der Waals surface area contributed by atoms with Gasteiger partial charge in [0.2, 0.25) is 0 Å². The number of pyridine rings is 1. The Kier molecular flexibility index (Phi) is 4.42. The second kappa shape index (κ2) is 6.66. The highest BCUT2D eigenvalue weighted by molar-refractivity contribution is 5.89.